The molecule has 0 fully saturated rings. The number of benzene rings is 1. The molecule has 88 valence electrons. The highest BCUT2D eigenvalue weighted by atomic mass is 79.9. The molecule has 0 saturated carbocycles. The third-order valence-electron chi connectivity index (χ3n) is 2.26. The van der Waals surface area contributed by atoms with Gasteiger partial charge >= 0.3 is 0 Å². The summed E-state index contributed by atoms with van der Waals surface area (Å²) in [6.45, 7) is 6.15. The molecule has 1 aromatic rings. The average Bonchev–Trinajstić information content (AvgIpc) is 2.14. The molecule has 1 rings (SSSR count). The largest absolute Gasteiger partial charge is 0.270 e. The lowest BCUT2D eigenvalue weighted by atomic mass is 9.84. The maximum Gasteiger partial charge on any atom is 0.270 e. The van der Waals surface area contributed by atoms with Gasteiger partial charge in [0.2, 0.25) is 0 Å². The maximum atomic E-state index is 10.7. The van der Waals surface area contributed by atoms with Crippen molar-refractivity contribution in [3.8, 4) is 0 Å². The van der Waals surface area contributed by atoms with Gasteiger partial charge in [-0.25, -0.2) is 0 Å². The molecule has 0 saturated heterocycles. The molecule has 1 aromatic carbocycles. The van der Waals surface area contributed by atoms with Crippen LogP contribution in [0.2, 0.25) is 0 Å². The zero-order valence-electron chi connectivity index (χ0n) is 9.38. The summed E-state index contributed by atoms with van der Waals surface area (Å²) in [6.07, 6.45) is 0. The fraction of sp³-hybridized carbons (Fsp3) is 0.455. The highest BCUT2D eigenvalue weighted by Crippen LogP contribution is 2.36. The van der Waals surface area contributed by atoms with Crippen molar-refractivity contribution >= 4 is 33.2 Å². The van der Waals surface area contributed by atoms with Crippen LogP contribution in [-0.4, -0.2) is 4.92 Å². The summed E-state index contributed by atoms with van der Waals surface area (Å²) < 4.78 is 0.741. The normalized spacial score (nSPS) is 11.6. The van der Waals surface area contributed by atoms with E-state index in [1.165, 1.54) is 6.07 Å². The summed E-state index contributed by atoms with van der Waals surface area (Å²) in [5.74, 6) is 0.271. The minimum atomic E-state index is -0.409. The Morgan fingerprint density at radius 3 is 2.38 bits per heavy atom. The lowest BCUT2D eigenvalue weighted by Gasteiger charge is -2.23. The van der Waals surface area contributed by atoms with Gasteiger partial charge in [0, 0.05) is 22.5 Å². The highest BCUT2D eigenvalue weighted by molar-refractivity contribution is 9.10. The van der Waals surface area contributed by atoms with Crippen molar-refractivity contribution in [2.45, 2.75) is 32.1 Å². The van der Waals surface area contributed by atoms with Gasteiger partial charge in [0.25, 0.3) is 5.69 Å². The predicted molar refractivity (Wildman–Crippen MR) is 69.1 cm³/mol. The van der Waals surface area contributed by atoms with Crippen molar-refractivity contribution in [3.05, 3.63) is 37.8 Å². The molecule has 0 unspecified atom stereocenters. The van der Waals surface area contributed by atoms with E-state index in [1.807, 2.05) is 0 Å². The third-order valence-corrected chi connectivity index (χ3v) is 3.17. The number of nitrogens with zero attached hydrogens (tertiary/aromatic N) is 1. The number of nitro groups is 1. The number of hydrogen-bond donors (Lipinski definition) is 0. The molecule has 0 radical (unpaired) electrons. The van der Waals surface area contributed by atoms with Crippen LogP contribution < -0.4 is 0 Å². The zero-order chi connectivity index (χ0) is 12.5. The predicted octanol–water partition coefficient (Wildman–Crippen LogP) is 4.39. The lowest BCUT2D eigenvalue weighted by molar-refractivity contribution is -0.385. The minimum absolute atomic E-state index is 0.0653. The van der Waals surface area contributed by atoms with Gasteiger partial charge in [0.1, 0.15) is 0 Å². The second kappa shape index (κ2) is 4.72. The van der Waals surface area contributed by atoms with E-state index in [9.17, 15) is 10.1 Å². The Hall–Kier alpha value is -0.610. The number of halogens is 2. The molecule has 0 aromatic heterocycles. The molecule has 0 N–H and O–H groups in total. The summed E-state index contributed by atoms with van der Waals surface area (Å²) in [7, 11) is 0. The van der Waals surface area contributed by atoms with Crippen LogP contribution in [0, 0.1) is 10.1 Å². The summed E-state index contributed by atoms with van der Waals surface area (Å²) in [4.78, 5) is 10.3. The summed E-state index contributed by atoms with van der Waals surface area (Å²) in [6, 6.07) is 3.06. The van der Waals surface area contributed by atoms with Crippen molar-refractivity contribution in [2.75, 3.05) is 0 Å². The number of nitro benzene ring substituents is 1. The molecular weight excluding hydrogens is 293 g/mol. The van der Waals surface area contributed by atoms with Crippen LogP contribution in [0.1, 0.15) is 31.9 Å². The van der Waals surface area contributed by atoms with E-state index in [1.54, 1.807) is 6.07 Å². The second-order valence-electron chi connectivity index (χ2n) is 4.60. The fourth-order valence-electron chi connectivity index (χ4n) is 1.70. The summed E-state index contributed by atoms with van der Waals surface area (Å²) in [5, 5.41) is 10.7. The first kappa shape index (κ1) is 13.5. The van der Waals surface area contributed by atoms with Gasteiger partial charge in [-0.2, -0.15) is 0 Å². The van der Waals surface area contributed by atoms with Gasteiger partial charge in [0.05, 0.1) is 4.92 Å². The van der Waals surface area contributed by atoms with Gasteiger partial charge in [-0.15, -0.1) is 11.6 Å². The Balaban J connectivity index is 3.46. The van der Waals surface area contributed by atoms with Crippen LogP contribution in [0.15, 0.2) is 16.6 Å². The first-order valence-corrected chi connectivity index (χ1v) is 6.13. The molecular formula is C11H13BrClNO2. The van der Waals surface area contributed by atoms with E-state index in [4.69, 9.17) is 11.6 Å². The Labute approximate surface area is 108 Å². The molecule has 0 amide bonds. The van der Waals surface area contributed by atoms with Gasteiger partial charge < -0.3 is 0 Å². The number of alkyl halides is 1. The summed E-state index contributed by atoms with van der Waals surface area (Å²) in [5.41, 5.74) is 1.79. The van der Waals surface area contributed by atoms with Crippen molar-refractivity contribution < 1.29 is 4.92 Å². The standard InChI is InChI=1S/C11H13BrClNO2/c1-11(2,3)10-7(6-13)4-8(14(15)16)5-9(10)12/h4-5H,6H2,1-3H3. The molecule has 0 aliphatic heterocycles. The lowest BCUT2D eigenvalue weighted by Crippen LogP contribution is -2.15. The highest BCUT2D eigenvalue weighted by Gasteiger charge is 2.23. The summed E-state index contributed by atoms with van der Waals surface area (Å²) >= 11 is 9.22. The first-order valence-electron chi connectivity index (χ1n) is 4.80. The Morgan fingerprint density at radius 2 is 2.00 bits per heavy atom. The van der Waals surface area contributed by atoms with E-state index >= 15 is 0 Å². The van der Waals surface area contributed by atoms with Crippen LogP contribution in [0.3, 0.4) is 0 Å². The van der Waals surface area contributed by atoms with E-state index in [2.05, 4.69) is 36.7 Å². The Bertz CT molecular complexity index is 427. The van der Waals surface area contributed by atoms with Crippen LogP contribution in [0.4, 0.5) is 5.69 Å². The molecule has 0 aliphatic rings. The van der Waals surface area contributed by atoms with Crippen LogP contribution in [-0.2, 0) is 11.3 Å². The number of rotatable bonds is 2. The smallest absolute Gasteiger partial charge is 0.258 e. The van der Waals surface area contributed by atoms with E-state index in [0.717, 1.165) is 15.6 Å². The quantitative estimate of drug-likeness (QED) is 0.462. The van der Waals surface area contributed by atoms with Crippen molar-refractivity contribution in [1.29, 1.82) is 0 Å². The molecule has 0 aliphatic carbocycles. The van der Waals surface area contributed by atoms with Gasteiger partial charge in [-0.3, -0.25) is 10.1 Å². The fourth-order valence-corrected chi connectivity index (χ4v) is 2.99. The number of hydrogen-bond acceptors (Lipinski definition) is 2. The molecule has 0 bridgehead atoms. The van der Waals surface area contributed by atoms with Crippen molar-refractivity contribution in [2.24, 2.45) is 0 Å². The van der Waals surface area contributed by atoms with Gasteiger partial charge in [-0.05, 0) is 16.5 Å². The Morgan fingerprint density at radius 1 is 1.44 bits per heavy atom. The zero-order valence-corrected chi connectivity index (χ0v) is 11.7. The van der Waals surface area contributed by atoms with Crippen LogP contribution >= 0.6 is 27.5 Å². The molecule has 16 heavy (non-hydrogen) atoms. The monoisotopic (exact) mass is 305 g/mol. The topological polar surface area (TPSA) is 43.1 Å². The van der Waals surface area contributed by atoms with Crippen molar-refractivity contribution in [1.82, 2.24) is 0 Å². The van der Waals surface area contributed by atoms with Crippen LogP contribution in [0.25, 0.3) is 0 Å². The molecule has 5 heteroatoms. The molecule has 0 atom stereocenters. The second-order valence-corrected chi connectivity index (χ2v) is 5.72. The van der Waals surface area contributed by atoms with E-state index in [0.29, 0.717) is 0 Å². The molecule has 3 nitrogen and oxygen atoms in total. The molecule has 0 heterocycles. The average molecular weight is 307 g/mol. The Kier molecular flexibility index (Phi) is 3.97. The first-order chi connectivity index (χ1) is 7.27. The SMILES string of the molecule is CC(C)(C)c1c(Br)cc([N+](=O)[O-])cc1CCl. The van der Waals surface area contributed by atoms with E-state index in [-0.39, 0.29) is 17.0 Å². The number of non-ortho nitro benzene ring substituents is 1. The van der Waals surface area contributed by atoms with Crippen LogP contribution in [0.5, 0.6) is 0 Å². The van der Waals surface area contributed by atoms with Gasteiger partial charge in [-0.1, -0.05) is 36.7 Å². The van der Waals surface area contributed by atoms with Gasteiger partial charge in [0.15, 0.2) is 0 Å². The maximum absolute atomic E-state index is 10.7. The van der Waals surface area contributed by atoms with Crippen molar-refractivity contribution in [3.63, 3.8) is 0 Å². The third kappa shape index (κ3) is 2.74. The minimum Gasteiger partial charge on any atom is -0.258 e. The molecule has 0 spiro atoms. The van der Waals surface area contributed by atoms with E-state index < -0.39 is 4.92 Å².